The first kappa shape index (κ1) is 11.4. The smallest absolute Gasteiger partial charge is 0.407 e. The summed E-state index contributed by atoms with van der Waals surface area (Å²) in [4.78, 5) is 11.6. The average Bonchev–Trinajstić information content (AvgIpc) is 2.10. The molecule has 96 valence electrons. The zero-order valence-corrected chi connectivity index (χ0v) is 11.1. The zero-order valence-electron chi connectivity index (χ0n) is 11.1. The van der Waals surface area contributed by atoms with Crippen LogP contribution in [0.2, 0.25) is 0 Å². The maximum Gasteiger partial charge on any atom is 0.407 e. The molecule has 1 N–H and O–H groups in total. The van der Waals surface area contributed by atoms with Crippen molar-refractivity contribution >= 4 is 6.09 Å². The highest BCUT2D eigenvalue weighted by Gasteiger charge is 2.60. The Kier molecular flexibility index (Phi) is 2.13. The van der Waals surface area contributed by atoms with Crippen molar-refractivity contribution in [1.82, 2.24) is 5.32 Å². The molecule has 0 aliphatic heterocycles. The van der Waals surface area contributed by atoms with E-state index in [2.05, 4.69) is 19.2 Å². The quantitative estimate of drug-likeness (QED) is 0.761. The van der Waals surface area contributed by atoms with Crippen LogP contribution in [-0.2, 0) is 4.74 Å². The Labute approximate surface area is 103 Å². The highest BCUT2D eigenvalue weighted by Crippen LogP contribution is 2.66. The van der Waals surface area contributed by atoms with Crippen LogP contribution < -0.4 is 5.32 Å². The van der Waals surface area contributed by atoms with Gasteiger partial charge in [0.25, 0.3) is 0 Å². The van der Waals surface area contributed by atoms with Crippen LogP contribution >= 0.6 is 0 Å². The van der Waals surface area contributed by atoms with E-state index in [1.54, 1.807) is 0 Å². The van der Waals surface area contributed by atoms with Gasteiger partial charge in [0.1, 0.15) is 0 Å². The van der Waals surface area contributed by atoms with Gasteiger partial charge in [0.15, 0.2) is 0 Å². The normalized spacial score (nSPS) is 51.4. The standard InChI is InChI=1S/C14H23NO2/c1-12-4-10-5-13(2,7-12)9-14(6-10,8-12)15-11(16)17-3/h10H,4-9H2,1-3H3,(H,15,16). The average molecular weight is 237 g/mol. The fraction of sp³-hybridized carbons (Fsp3) is 0.929. The second kappa shape index (κ2) is 3.18. The predicted octanol–water partition coefficient (Wildman–Crippen LogP) is 3.09. The van der Waals surface area contributed by atoms with Gasteiger partial charge in [-0.15, -0.1) is 0 Å². The van der Waals surface area contributed by atoms with Gasteiger partial charge in [-0.05, 0) is 55.3 Å². The molecule has 0 heterocycles. The van der Waals surface area contributed by atoms with Crippen LogP contribution in [-0.4, -0.2) is 18.7 Å². The van der Waals surface area contributed by atoms with Gasteiger partial charge < -0.3 is 10.1 Å². The Bertz CT molecular complexity index is 347. The number of methoxy groups -OCH3 is 1. The predicted molar refractivity (Wildman–Crippen MR) is 65.7 cm³/mol. The molecule has 0 aromatic rings. The third-order valence-corrected chi connectivity index (χ3v) is 5.18. The second-order valence-corrected chi connectivity index (χ2v) is 7.53. The molecule has 4 saturated carbocycles. The van der Waals surface area contributed by atoms with E-state index < -0.39 is 0 Å². The molecule has 4 aliphatic rings. The van der Waals surface area contributed by atoms with Crippen molar-refractivity contribution < 1.29 is 9.53 Å². The maximum atomic E-state index is 11.6. The van der Waals surface area contributed by atoms with Crippen molar-refractivity contribution in [2.75, 3.05) is 7.11 Å². The van der Waals surface area contributed by atoms with Crippen molar-refractivity contribution in [2.24, 2.45) is 16.7 Å². The maximum absolute atomic E-state index is 11.6. The first-order valence-corrected chi connectivity index (χ1v) is 6.72. The fourth-order valence-corrected chi connectivity index (χ4v) is 5.85. The molecule has 0 saturated heterocycles. The monoisotopic (exact) mass is 237 g/mol. The number of carbonyl (C=O) groups excluding carboxylic acids is 1. The third kappa shape index (κ3) is 1.74. The number of ether oxygens (including phenoxy) is 1. The molecular formula is C14H23NO2. The van der Waals surface area contributed by atoms with E-state index in [0.717, 1.165) is 25.2 Å². The summed E-state index contributed by atoms with van der Waals surface area (Å²) >= 11 is 0. The lowest BCUT2D eigenvalue weighted by molar-refractivity contribution is -0.115. The first-order valence-electron chi connectivity index (χ1n) is 6.72. The molecule has 0 spiro atoms. The third-order valence-electron chi connectivity index (χ3n) is 5.18. The zero-order chi connectivity index (χ0) is 12.3. The van der Waals surface area contributed by atoms with Crippen molar-refractivity contribution in [2.45, 2.75) is 57.9 Å². The Hall–Kier alpha value is -0.730. The number of hydrogen-bond acceptors (Lipinski definition) is 2. The van der Waals surface area contributed by atoms with E-state index in [0.29, 0.717) is 10.8 Å². The highest BCUT2D eigenvalue weighted by atomic mass is 16.5. The van der Waals surface area contributed by atoms with Crippen LogP contribution in [0, 0.1) is 16.7 Å². The van der Waals surface area contributed by atoms with Gasteiger partial charge in [-0.25, -0.2) is 4.79 Å². The number of carbonyl (C=O) groups is 1. The largest absolute Gasteiger partial charge is 0.453 e. The van der Waals surface area contributed by atoms with Crippen molar-refractivity contribution in [3.05, 3.63) is 0 Å². The lowest BCUT2D eigenvalue weighted by Gasteiger charge is -2.65. The minimum absolute atomic E-state index is 0.0238. The molecule has 0 radical (unpaired) electrons. The minimum Gasteiger partial charge on any atom is -0.453 e. The van der Waals surface area contributed by atoms with E-state index in [4.69, 9.17) is 4.74 Å². The SMILES string of the molecule is COC(=O)NC12CC3CC(C)(CC(C)(C3)C1)C2. The molecule has 4 aliphatic carbocycles. The number of nitrogens with one attached hydrogen (secondary N) is 1. The van der Waals surface area contributed by atoms with Crippen LogP contribution in [0.1, 0.15) is 52.4 Å². The molecule has 4 rings (SSSR count). The van der Waals surface area contributed by atoms with E-state index in [1.165, 1.54) is 26.4 Å². The molecule has 1 amide bonds. The van der Waals surface area contributed by atoms with Crippen LogP contribution in [0.3, 0.4) is 0 Å². The van der Waals surface area contributed by atoms with Crippen molar-refractivity contribution in [1.29, 1.82) is 0 Å². The number of alkyl carbamates (subject to hydrolysis) is 1. The molecule has 0 aromatic heterocycles. The minimum atomic E-state index is -0.251. The summed E-state index contributed by atoms with van der Waals surface area (Å²) < 4.78 is 4.81. The summed E-state index contributed by atoms with van der Waals surface area (Å²) in [5.74, 6) is 0.804. The molecule has 0 aromatic carbocycles. The van der Waals surface area contributed by atoms with Gasteiger partial charge in [-0.3, -0.25) is 0 Å². The molecule has 2 unspecified atom stereocenters. The molecule has 2 atom stereocenters. The van der Waals surface area contributed by atoms with Crippen LogP contribution in [0.25, 0.3) is 0 Å². The van der Waals surface area contributed by atoms with Crippen LogP contribution in [0.5, 0.6) is 0 Å². The molecular weight excluding hydrogens is 214 g/mol. The molecule has 3 nitrogen and oxygen atoms in total. The van der Waals surface area contributed by atoms with E-state index in [-0.39, 0.29) is 11.6 Å². The lowest BCUT2D eigenvalue weighted by atomic mass is 9.43. The summed E-state index contributed by atoms with van der Waals surface area (Å²) in [5.41, 5.74) is 0.903. The number of hydrogen-bond donors (Lipinski definition) is 1. The fourth-order valence-electron chi connectivity index (χ4n) is 5.85. The van der Waals surface area contributed by atoms with E-state index in [1.807, 2.05) is 0 Å². The van der Waals surface area contributed by atoms with Gasteiger partial charge in [-0.2, -0.15) is 0 Å². The Morgan fingerprint density at radius 2 is 1.71 bits per heavy atom. The summed E-state index contributed by atoms with van der Waals surface area (Å²) in [6.07, 6.45) is 7.23. The van der Waals surface area contributed by atoms with E-state index >= 15 is 0 Å². The summed E-state index contributed by atoms with van der Waals surface area (Å²) in [7, 11) is 1.46. The first-order chi connectivity index (χ1) is 7.86. The van der Waals surface area contributed by atoms with Gasteiger partial charge in [0, 0.05) is 5.54 Å². The summed E-state index contributed by atoms with van der Waals surface area (Å²) in [6.45, 7) is 4.81. The summed E-state index contributed by atoms with van der Waals surface area (Å²) in [6, 6.07) is 0. The highest BCUT2D eigenvalue weighted by molar-refractivity contribution is 5.68. The Morgan fingerprint density at radius 1 is 1.12 bits per heavy atom. The number of amides is 1. The molecule has 17 heavy (non-hydrogen) atoms. The molecule has 4 fully saturated rings. The van der Waals surface area contributed by atoms with Crippen LogP contribution in [0.15, 0.2) is 0 Å². The van der Waals surface area contributed by atoms with Gasteiger partial charge in [-0.1, -0.05) is 13.8 Å². The number of rotatable bonds is 1. The van der Waals surface area contributed by atoms with E-state index in [9.17, 15) is 4.79 Å². The molecule has 3 heteroatoms. The lowest BCUT2D eigenvalue weighted by Crippen LogP contribution is -2.65. The molecule has 4 bridgehead atoms. The second-order valence-electron chi connectivity index (χ2n) is 7.53. The van der Waals surface area contributed by atoms with Gasteiger partial charge in [0.05, 0.1) is 7.11 Å². The van der Waals surface area contributed by atoms with Gasteiger partial charge in [0.2, 0.25) is 0 Å². The topological polar surface area (TPSA) is 38.3 Å². The van der Waals surface area contributed by atoms with Gasteiger partial charge >= 0.3 is 6.09 Å². The van der Waals surface area contributed by atoms with Crippen LogP contribution in [0.4, 0.5) is 4.79 Å². The Morgan fingerprint density at radius 3 is 2.18 bits per heavy atom. The Balaban J connectivity index is 1.89. The van der Waals surface area contributed by atoms with Crippen molar-refractivity contribution in [3.63, 3.8) is 0 Å². The van der Waals surface area contributed by atoms with Crippen molar-refractivity contribution in [3.8, 4) is 0 Å². The summed E-state index contributed by atoms with van der Waals surface area (Å²) in [5, 5.41) is 3.16.